The van der Waals surface area contributed by atoms with Crippen LogP contribution in [0.3, 0.4) is 0 Å². The highest BCUT2D eigenvalue weighted by molar-refractivity contribution is 5.98. The van der Waals surface area contributed by atoms with Gasteiger partial charge in [-0.15, -0.1) is 0 Å². The largest absolute Gasteiger partial charge is 0.405 e. The average molecular weight is 410 g/mol. The number of amides is 2. The quantitative estimate of drug-likeness (QED) is 0.371. The molecule has 2 aromatic rings. The number of carbonyl (C=O) groups excluding carboxylic acids is 2. The Labute approximate surface area is 174 Å². The highest BCUT2D eigenvalue weighted by Crippen LogP contribution is 2.22. The number of nitrogens with zero attached hydrogens (tertiary/aromatic N) is 3. The van der Waals surface area contributed by atoms with E-state index in [2.05, 4.69) is 25.6 Å². The van der Waals surface area contributed by atoms with Crippen molar-refractivity contribution >= 4 is 41.2 Å². The molecule has 0 aliphatic rings. The number of carbonyl (C=O) groups is 2. The predicted octanol–water partition coefficient (Wildman–Crippen LogP) is 1.81. The van der Waals surface area contributed by atoms with Crippen molar-refractivity contribution in [3.05, 3.63) is 48.3 Å². The zero-order chi connectivity index (χ0) is 22.1. The van der Waals surface area contributed by atoms with Gasteiger partial charge >= 0.3 is 0 Å². The summed E-state index contributed by atoms with van der Waals surface area (Å²) in [6, 6.07) is 6.45. The molecule has 0 saturated carbocycles. The maximum atomic E-state index is 11.8. The first-order valence-electron chi connectivity index (χ1n) is 9.31. The fourth-order valence-electron chi connectivity index (χ4n) is 2.55. The number of aromatic nitrogens is 2. The molecule has 158 valence electrons. The molecule has 0 spiro atoms. The number of benzene rings is 1. The Morgan fingerprint density at radius 2 is 1.90 bits per heavy atom. The van der Waals surface area contributed by atoms with E-state index in [1.165, 1.54) is 12.4 Å². The van der Waals surface area contributed by atoms with Crippen LogP contribution >= 0.6 is 0 Å². The number of anilines is 3. The number of allylic oxidation sites excluding steroid dienone is 1. The first-order valence-corrected chi connectivity index (χ1v) is 9.31. The second-order valence-corrected chi connectivity index (χ2v) is 6.88. The van der Waals surface area contributed by atoms with Crippen molar-refractivity contribution < 1.29 is 9.59 Å². The van der Waals surface area contributed by atoms with Crippen LogP contribution in [-0.4, -0.2) is 34.0 Å². The molecule has 10 heteroatoms. The van der Waals surface area contributed by atoms with Gasteiger partial charge in [0.1, 0.15) is 17.4 Å². The number of aliphatic imine (C=N–C) groups is 1. The van der Waals surface area contributed by atoms with E-state index in [-0.39, 0.29) is 23.2 Å². The standard InChI is InChI=1S/C20H26N8O2/c1-12(2)10-16(18(23)30)27-20-25-11-15(17(22)29)19(28-20)26-14-6-4-13(5-7-14)24-9-3-8-21/h3-9,11-12,16H,10,21H2,1-2H3,(H2,22,29)(H2,23,30)(H2,25,26,27,28)/t16-/m1/s1. The van der Waals surface area contributed by atoms with Crippen molar-refractivity contribution in [2.45, 2.75) is 26.3 Å². The lowest BCUT2D eigenvalue weighted by molar-refractivity contribution is -0.119. The van der Waals surface area contributed by atoms with Gasteiger partial charge in [0.05, 0.1) is 5.69 Å². The van der Waals surface area contributed by atoms with Crippen molar-refractivity contribution in [3.63, 3.8) is 0 Å². The van der Waals surface area contributed by atoms with E-state index in [4.69, 9.17) is 17.2 Å². The lowest BCUT2D eigenvalue weighted by atomic mass is 10.0. The Morgan fingerprint density at radius 3 is 2.47 bits per heavy atom. The van der Waals surface area contributed by atoms with Crippen LogP contribution in [0.4, 0.5) is 23.1 Å². The van der Waals surface area contributed by atoms with Gasteiger partial charge in [-0.1, -0.05) is 13.8 Å². The van der Waals surface area contributed by atoms with Crippen LogP contribution in [-0.2, 0) is 4.79 Å². The van der Waals surface area contributed by atoms with Crippen molar-refractivity contribution in [2.24, 2.45) is 28.1 Å². The Kier molecular flexibility index (Phi) is 7.86. The Balaban J connectivity index is 2.26. The van der Waals surface area contributed by atoms with Crippen LogP contribution in [0.15, 0.2) is 47.7 Å². The Morgan fingerprint density at radius 1 is 1.20 bits per heavy atom. The highest BCUT2D eigenvalue weighted by atomic mass is 16.1. The average Bonchev–Trinajstić information content (AvgIpc) is 2.68. The zero-order valence-electron chi connectivity index (χ0n) is 16.9. The lowest BCUT2D eigenvalue weighted by Gasteiger charge is -2.18. The van der Waals surface area contributed by atoms with Gasteiger partial charge in [-0.05, 0) is 48.9 Å². The smallest absolute Gasteiger partial charge is 0.254 e. The maximum Gasteiger partial charge on any atom is 0.254 e. The van der Waals surface area contributed by atoms with Gasteiger partial charge in [0.15, 0.2) is 0 Å². The molecule has 30 heavy (non-hydrogen) atoms. The monoisotopic (exact) mass is 410 g/mol. The summed E-state index contributed by atoms with van der Waals surface area (Å²) < 4.78 is 0. The molecule has 0 bridgehead atoms. The van der Waals surface area contributed by atoms with E-state index in [0.717, 1.165) is 5.69 Å². The third-order valence-electron chi connectivity index (χ3n) is 3.96. The van der Waals surface area contributed by atoms with Crippen LogP contribution in [0.2, 0.25) is 0 Å². The van der Waals surface area contributed by atoms with Crippen LogP contribution in [0.1, 0.15) is 30.6 Å². The molecule has 1 aromatic heterocycles. The fourth-order valence-corrected chi connectivity index (χ4v) is 2.55. The molecule has 0 aliphatic heterocycles. The van der Waals surface area contributed by atoms with Crippen LogP contribution in [0.25, 0.3) is 0 Å². The molecular weight excluding hydrogens is 384 g/mol. The second kappa shape index (κ2) is 10.6. The molecule has 1 aromatic carbocycles. The van der Waals surface area contributed by atoms with E-state index < -0.39 is 17.9 Å². The molecule has 8 N–H and O–H groups in total. The van der Waals surface area contributed by atoms with E-state index in [1.54, 1.807) is 36.6 Å². The van der Waals surface area contributed by atoms with Crippen molar-refractivity contribution in [1.82, 2.24) is 9.97 Å². The van der Waals surface area contributed by atoms with Crippen molar-refractivity contribution in [2.75, 3.05) is 10.6 Å². The maximum absolute atomic E-state index is 11.8. The van der Waals surface area contributed by atoms with Gasteiger partial charge in [0, 0.05) is 18.1 Å². The number of nitrogens with two attached hydrogens (primary N) is 3. The number of primary amides is 2. The van der Waals surface area contributed by atoms with Gasteiger partial charge in [-0.25, -0.2) is 4.98 Å². The lowest BCUT2D eigenvalue weighted by Crippen LogP contribution is -2.37. The first kappa shape index (κ1) is 22.3. The molecule has 0 fully saturated rings. The number of rotatable bonds is 10. The molecule has 10 nitrogen and oxygen atoms in total. The summed E-state index contributed by atoms with van der Waals surface area (Å²) in [6.07, 6.45) is 6.38. The molecule has 2 rings (SSSR count). The summed E-state index contributed by atoms with van der Waals surface area (Å²) in [5, 5.41) is 5.95. The second-order valence-electron chi connectivity index (χ2n) is 6.88. The molecule has 2 amide bonds. The summed E-state index contributed by atoms with van der Waals surface area (Å²) in [6.45, 7) is 3.95. The summed E-state index contributed by atoms with van der Waals surface area (Å²) in [5.41, 5.74) is 17.6. The predicted molar refractivity (Wildman–Crippen MR) is 118 cm³/mol. The molecule has 0 aliphatic carbocycles. The number of hydrogen-bond acceptors (Lipinski definition) is 8. The molecule has 1 atom stereocenters. The number of nitrogens with one attached hydrogen (secondary N) is 2. The topological polar surface area (TPSA) is 174 Å². The normalized spacial score (nSPS) is 12.4. The number of hydrogen-bond donors (Lipinski definition) is 5. The third kappa shape index (κ3) is 6.59. The third-order valence-corrected chi connectivity index (χ3v) is 3.96. The summed E-state index contributed by atoms with van der Waals surface area (Å²) in [4.78, 5) is 36.1. The van der Waals surface area contributed by atoms with E-state index >= 15 is 0 Å². The van der Waals surface area contributed by atoms with Gasteiger partial charge in [-0.3, -0.25) is 14.6 Å². The van der Waals surface area contributed by atoms with Gasteiger partial charge in [-0.2, -0.15) is 4.98 Å². The highest BCUT2D eigenvalue weighted by Gasteiger charge is 2.19. The summed E-state index contributed by atoms with van der Waals surface area (Å²) in [7, 11) is 0. The molecule has 0 unspecified atom stereocenters. The summed E-state index contributed by atoms with van der Waals surface area (Å²) in [5.74, 6) is -0.607. The van der Waals surface area contributed by atoms with E-state index in [1.807, 2.05) is 13.8 Å². The van der Waals surface area contributed by atoms with Gasteiger partial charge in [0.25, 0.3) is 5.91 Å². The molecule has 0 radical (unpaired) electrons. The zero-order valence-corrected chi connectivity index (χ0v) is 16.9. The van der Waals surface area contributed by atoms with Gasteiger partial charge < -0.3 is 27.8 Å². The van der Waals surface area contributed by atoms with E-state index in [0.29, 0.717) is 12.1 Å². The van der Waals surface area contributed by atoms with Crippen LogP contribution in [0, 0.1) is 5.92 Å². The Hall–Kier alpha value is -3.95. The minimum absolute atomic E-state index is 0.107. The minimum atomic E-state index is -0.688. The van der Waals surface area contributed by atoms with Crippen LogP contribution < -0.4 is 27.8 Å². The van der Waals surface area contributed by atoms with Crippen molar-refractivity contribution in [3.8, 4) is 0 Å². The van der Waals surface area contributed by atoms with Crippen LogP contribution in [0.5, 0.6) is 0 Å². The molecule has 1 heterocycles. The molecule has 0 saturated heterocycles. The fraction of sp³-hybridized carbons (Fsp3) is 0.250. The SMILES string of the molecule is CC(C)C[C@@H](Nc1ncc(C(N)=O)c(Nc2ccc(N=CC=CN)cc2)n1)C(N)=O. The van der Waals surface area contributed by atoms with Gasteiger partial charge in [0.2, 0.25) is 11.9 Å². The summed E-state index contributed by atoms with van der Waals surface area (Å²) >= 11 is 0. The first-order chi connectivity index (χ1) is 14.3. The Bertz CT molecular complexity index is 938. The van der Waals surface area contributed by atoms with E-state index in [9.17, 15) is 9.59 Å². The molecular formula is C20H26N8O2. The minimum Gasteiger partial charge on any atom is -0.405 e. The van der Waals surface area contributed by atoms with Crippen molar-refractivity contribution in [1.29, 1.82) is 0 Å².